The van der Waals surface area contributed by atoms with Crippen LogP contribution in [0.15, 0.2) is 0 Å². The normalized spacial score (nSPS) is 39.1. The maximum atomic E-state index is 13.1. The third-order valence-electron chi connectivity index (χ3n) is 3.17. The van der Waals surface area contributed by atoms with Crippen molar-refractivity contribution in [2.24, 2.45) is 0 Å². The van der Waals surface area contributed by atoms with Crippen LogP contribution in [0.2, 0.25) is 0 Å². The Kier molecular flexibility index (Phi) is 2.02. The molecule has 0 spiro atoms. The van der Waals surface area contributed by atoms with Gasteiger partial charge < -0.3 is 4.74 Å². The third kappa shape index (κ3) is 1.15. The summed E-state index contributed by atoms with van der Waals surface area (Å²) in [6, 6.07) is 0. The van der Waals surface area contributed by atoms with E-state index in [0.29, 0.717) is 13.0 Å². The Labute approximate surface area is 76.8 Å². The number of rotatable bonds is 1. The fourth-order valence-corrected chi connectivity index (χ4v) is 2.61. The summed E-state index contributed by atoms with van der Waals surface area (Å²) >= 11 is 0. The molecule has 2 saturated heterocycles. The van der Waals surface area contributed by atoms with E-state index in [2.05, 4.69) is 0 Å². The van der Waals surface area contributed by atoms with E-state index in [0.717, 1.165) is 19.4 Å². The number of nitrogens with zero attached hydrogens (tertiary/aromatic N) is 1. The van der Waals surface area contributed by atoms with Crippen molar-refractivity contribution >= 4 is 5.97 Å². The van der Waals surface area contributed by atoms with Crippen molar-refractivity contribution in [3.63, 3.8) is 0 Å². The average molecular weight is 187 g/mol. The van der Waals surface area contributed by atoms with Gasteiger partial charge in [-0.05, 0) is 19.4 Å². The summed E-state index contributed by atoms with van der Waals surface area (Å²) in [4.78, 5) is 13.5. The quantitative estimate of drug-likeness (QED) is 0.567. The van der Waals surface area contributed by atoms with E-state index in [1.807, 2.05) is 4.90 Å². The topological polar surface area (TPSA) is 29.5 Å². The molecule has 0 aromatic heterocycles. The Morgan fingerprint density at radius 2 is 2.46 bits per heavy atom. The Balaban J connectivity index is 2.23. The van der Waals surface area contributed by atoms with Gasteiger partial charge in [0.25, 0.3) is 0 Å². The van der Waals surface area contributed by atoms with Crippen LogP contribution in [0.1, 0.15) is 19.3 Å². The molecule has 2 unspecified atom stereocenters. The molecule has 0 saturated carbocycles. The molecular formula is C9H14FNO2. The van der Waals surface area contributed by atoms with Crippen molar-refractivity contribution in [1.29, 1.82) is 0 Å². The Morgan fingerprint density at radius 1 is 1.69 bits per heavy atom. The minimum atomic E-state index is -0.862. The highest BCUT2D eigenvalue weighted by Gasteiger charge is 2.54. The molecule has 2 rings (SSSR count). The fourth-order valence-electron chi connectivity index (χ4n) is 2.61. The third-order valence-corrected chi connectivity index (χ3v) is 3.17. The predicted octanol–water partition coefficient (Wildman–Crippen LogP) is 0.736. The van der Waals surface area contributed by atoms with Crippen molar-refractivity contribution in [3.8, 4) is 0 Å². The second-order valence-electron chi connectivity index (χ2n) is 3.87. The summed E-state index contributed by atoms with van der Waals surface area (Å²) in [6.45, 7) is 1.23. The Morgan fingerprint density at radius 3 is 3.15 bits per heavy atom. The van der Waals surface area contributed by atoms with Gasteiger partial charge in [0, 0.05) is 13.0 Å². The molecule has 4 heteroatoms. The van der Waals surface area contributed by atoms with Crippen molar-refractivity contribution in [2.45, 2.75) is 31.0 Å². The highest BCUT2D eigenvalue weighted by atomic mass is 19.1. The maximum absolute atomic E-state index is 13.1. The molecule has 2 aliphatic heterocycles. The summed E-state index contributed by atoms with van der Waals surface area (Å²) in [5, 5.41) is 0. The van der Waals surface area contributed by atoms with E-state index >= 15 is 0 Å². The molecule has 74 valence electrons. The molecule has 2 atom stereocenters. The van der Waals surface area contributed by atoms with Gasteiger partial charge in [0.2, 0.25) is 0 Å². The molecule has 0 aromatic carbocycles. The lowest BCUT2D eigenvalue weighted by molar-refractivity contribution is -0.151. The highest BCUT2D eigenvalue weighted by Crippen LogP contribution is 2.40. The number of fused-ring (bicyclic) bond motifs is 1. The van der Waals surface area contributed by atoms with Crippen LogP contribution in [-0.2, 0) is 9.53 Å². The van der Waals surface area contributed by atoms with Gasteiger partial charge in [-0.25, -0.2) is 4.39 Å². The molecule has 0 aliphatic carbocycles. The van der Waals surface area contributed by atoms with Crippen LogP contribution in [0.3, 0.4) is 0 Å². The molecule has 0 aromatic rings. The van der Waals surface area contributed by atoms with Crippen LogP contribution in [0, 0.1) is 0 Å². The summed E-state index contributed by atoms with van der Waals surface area (Å²) in [6.07, 6.45) is 1.18. The number of esters is 1. The zero-order valence-corrected chi connectivity index (χ0v) is 7.75. The fraction of sp³-hybridized carbons (Fsp3) is 0.889. The van der Waals surface area contributed by atoms with Gasteiger partial charge in [0.15, 0.2) is 0 Å². The Hall–Kier alpha value is -0.640. The first-order valence-electron chi connectivity index (χ1n) is 4.66. The smallest absolute Gasteiger partial charge is 0.326 e. The first kappa shape index (κ1) is 8.94. The second-order valence-corrected chi connectivity index (χ2v) is 3.87. The molecular weight excluding hydrogens is 173 g/mol. The molecule has 13 heavy (non-hydrogen) atoms. The van der Waals surface area contributed by atoms with E-state index in [-0.39, 0.29) is 5.97 Å². The summed E-state index contributed by atoms with van der Waals surface area (Å²) in [5.74, 6) is -0.259. The minimum Gasteiger partial charge on any atom is -0.468 e. The second kappa shape index (κ2) is 2.94. The van der Waals surface area contributed by atoms with Gasteiger partial charge in [-0.3, -0.25) is 9.69 Å². The number of ether oxygens (including phenoxy) is 1. The zero-order valence-electron chi connectivity index (χ0n) is 7.75. The Bertz CT molecular complexity index is 234. The van der Waals surface area contributed by atoms with Crippen LogP contribution in [0.25, 0.3) is 0 Å². The molecule has 3 nitrogen and oxygen atoms in total. The standard InChI is InChI=1S/C9H14FNO2/c1-13-8(12)9-3-2-4-11(9)6-7(10)5-9/h7H,2-6H2,1H3. The van der Waals surface area contributed by atoms with Crippen LogP contribution in [-0.4, -0.2) is 42.8 Å². The monoisotopic (exact) mass is 187 g/mol. The average Bonchev–Trinajstić information content (AvgIpc) is 2.59. The lowest BCUT2D eigenvalue weighted by Gasteiger charge is -2.27. The number of alkyl halides is 1. The van der Waals surface area contributed by atoms with Crippen LogP contribution < -0.4 is 0 Å². The van der Waals surface area contributed by atoms with E-state index in [1.54, 1.807) is 0 Å². The number of carbonyl (C=O) groups is 1. The van der Waals surface area contributed by atoms with Crippen molar-refractivity contribution in [3.05, 3.63) is 0 Å². The summed E-state index contributed by atoms with van der Waals surface area (Å²) < 4.78 is 17.9. The van der Waals surface area contributed by atoms with Crippen LogP contribution in [0.5, 0.6) is 0 Å². The van der Waals surface area contributed by atoms with Crippen molar-refractivity contribution in [1.82, 2.24) is 4.90 Å². The number of carbonyl (C=O) groups excluding carboxylic acids is 1. The van der Waals surface area contributed by atoms with Crippen LogP contribution >= 0.6 is 0 Å². The molecule has 0 amide bonds. The van der Waals surface area contributed by atoms with Crippen molar-refractivity contribution in [2.75, 3.05) is 20.2 Å². The number of hydrogen-bond acceptors (Lipinski definition) is 3. The van der Waals surface area contributed by atoms with Gasteiger partial charge in [-0.15, -0.1) is 0 Å². The van der Waals surface area contributed by atoms with Gasteiger partial charge in [-0.1, -0.05) is 0 Å². The SMILES string of the molecule is COC(=O)C12CCCN1CC(F)C2. The van der Waals surface area contributed by atoms with E-state index in [9.17, 15) is 9.18 Å². The number of hydrogen-bond donors (Lipinski definition) is 0. The molecule has 0 N–H and O–H groups in total. The number of methoxy groups -OCH3 is 1. The number of halogens is 1. The van der Waals surface area contributed by atoms with Gasteiger partial charge >= 0.3 is 5.97 Å². The molecule has 2 aliphatic rings. The van der Waals surface area contributed by atoms with Gasteiger partial charge in [-0.2, -0.15) is 0 Å². The highest BCUT2D eigenvalue weighted by molar-refractivity contribution is 5.81. The lowest BCUT2D eigenvalue weighted by atomic mass is 9.94. The molecule has 2 heterocycles. The minimum absolute atomic E-state index is 0.259. The first-order chi connectivity index (χ1) is 6.19. The van der Waals surface area contributed by atoms with E-state index < -0.39 is 11.7 Å². The molecule has 2 fully saturated rings. The largest absolute Gasteiger partial charge is 0.468 e. The van der Waals surface area contributed by atoms with Gasteiger partial charge in [0.05, 0.1) is 7.11 Å². The maximum Gasteiger partial charge on any atom is 0.326 e. The van der Waals surface area contributed by atoms with Gasteiger partial charge in [0.1, 0.15) is 11.7 Å². The molecule has 0 radical (unpaired) electrons. The van der Waals surface area contributed by atoms with Crippen molar-refractivity contribution < 1.29 is 13.9 Å². The first-order valence-corrected chi connectivity index (χ1v) is 4.66. The van der Waals surface area contributed by atoms with Crippen LogP contribution in [0.4, 0.5) is 4.39 Å². The summed E-state index contributed by atoms with van der Waals surface area (Å²) in [7, 11) is 1.37. The molecule has 0 bridgehead atoms. The zero-order chi connectivity index (χ0) is 9.47. The van der Waals surface area contributed by atoms with E-state index in [4.69, 9.17) is 4.74 Å². The summed E-state index contributed by atoms with van der Waals surface area (Å²) in [5.41, 5.74) is -0.617. The van der Waals surface area contributed by atoms with E-state index in [1.165, 1.54) is 7.11 Å². The predicted molar refractivity (Wildman–Crippen MR) is 45.1 cm³/mol. The lowest BCUT2D eigenvalue weighted by Crippen LogP contribution is -2.46.